The van der Waals surface area contributed by atoms with Crippen molar-refractivity contribution in [1.29, 1.82) is 0 Å². The van der Waals surface area contributed by atoms with E-state index in [1.54, 1.807) is 6.08 Å². The third kappa shape index (κ3) is 6.26. The average molecular weight is 760 g/mol. The van der Waals surface area contributed by atoms with Gasteiger partial charge in [-0.2, -0.15) is 0 Å². The number of hydrogen-bond acceptors (Lipinski definition) is 4. The summed E-state index contributed by atoms with van der Waals surface area (Å²) in [5.41, 5.74) is 12.2. The Morgan fingerprint density at radius 2 is 1.15 bits per heavy atom. The molecular weight excluding hydrogens is 723 g/mol. The Kier molecular flexibility index (Phi) is 8.96. The maximum absolute atomic E-state index is 14.5. The minimum absolute atomic E-state index is 0.106. The van der Waals surface area contributed by atoms with Gasteiger partial charge in [-0.3, -0.25) is 4.79 Å². The van der Waals surface area contributed by atoms with Crippen molar-refractivity contribution in [2.24, 2.45) is 0 Å². The highest BCUT2D eigenvalue weighted by molar-refractivity contribution is 6.12. The summed E-state index contributed by atoms with van der Waals surface area (Å²) in [4.78, 5) is 24.6. The van der Waals surface area contributed by atoms with Gasteiger partial charge in [0.15, 0.2) is 5.82 Å². The van der Waals surface area contributed by atoms with Gasteiger partial charge in [-0.1, -0.05) is 140 Å². The van der Waals surface area contributed by atoms with Crippen molar-refractivity contribution < 1.29 is 4.42 Å². The number of para-hydroxylation sites is 3. The second-order valence-electron chi connectivity index (χ2n) is 14.5. The van der Waals surface area contributed by atoms with Gasteiger partial charge in [0.2, 0.25) is 5.43 Å². The monoisotopic (exact) mass is 759 g/mol. The summed E-state index contributed by atoms with van der Waals surface area (Å²) in [5, 5.41) is 3.19. The fraction of sp³-hybridized carbons (Fsp3) is 0.0185. The van der Waals surface area contributed by atoms with Crippen LogP contribution in [0.5, 0.6) is 0 Å². The molecular formula is C54H37N3O2. The second-order valence-corrected chi connectivity index (χ2v) is 14.5. The van der Waals surface area contributed by atoms with E-state index in [0.29, 0.717) is 33.3 Å². The molecule has 3 heterocycles. The first-order valence-corrected chi connectivity index (χ1v) is 19.7. The van der Waals surface area contributed by atoms with E-state index in [9.17, 15) is 4.79 Å². The highest BCUT2D eigenvalue weighted by Crippen LogP contribution is 2.39. The Morgan fingerprint density at radius 1 is 0.576 bits per heavy atom. The van der Waals surface area contributed by atoms with Gasteiger partial charge in [0.25, 0.3) is 0 Å². The molecule has 0 bridgehead atoms. The van der Waals surface area contributed by atoms with Crippen LogP contribution in [0.3, 0.4) is 0 Å². The van der Waals surface area contributed by atoms with Gasteiger partial charge >= 0.3 is 0 Å². The van der Waals surface area contributed by atoms with Crippen molar-refractivity contribution in [3.05, 3.63) is 217 Å². The van der Waals surface area contributed by atoms with Gasteiger partial charge in [-0.25, -0.2) is 9.97 Å². The quantitative estimate of drug-likeness (QED) is 0.114. The van der Waals surface area contributed by atoms with E-state index in [0.717, 1.165) is 72.3 Å². The maximum Gasteiger partial charge on any atom is 0.200 e. The largest absolute Gasteiger partial charge is 0.454 e. The van der Waals surface area contributed by atoms with E-state index < -0.39 is 0 Å². The Bertz CT molecular complexity index is 3300. The highest BCUT2D eigenvalue weighted by atomic mass is 16.3. The van der Waals surface area contributed by atoms with Crippen LogP contribution >= 0.6 is 0 Å². The normalized spacial score (nSPS) is 12.0. The molecule has 0 aliphatic carbocycles. The molecule has 0 unspecified atom stereocenters. The third-order valence-corrected chi connectivity index (χ3v) is 11.0. The molecule has 280 valence electrons. The van der Waals surface area contributed by atoms with E-state index in [-0.39, 0.29) is 5.43 Å². The molecule has 3 aromatic heterocycles. The van der Waals surface area contributed by atoms with Crippen LogP contribution < -0.4 is 5.43 Å². The molecule has 0 aliphatic heterocycles. The molecule has 0 radical (unpaired) electrons. The first-order valence-electron chi connectivity index (χ1n) is 19.7. The lowest BCUT2D eigenvalue weighted by Gasteiger charge is -2.12. The lowest BCUT2D eigenvalue weighted by Crippen LogP contribution is -2.04. The molecule has 59 heavy (non-hydrogen) atoms. The van der Waals surface area contributed by atoms with Crippen LogP contribution in [0, 0.1) is 0 Å². The fourth-order valence-corrected chi connectivity index (χ4v) is 8.14. The Hall–Kier alpha value is -7.89. The lowest BCUT2D eigenvalue weighted by molar-refractivity contribution is 0.661. The van der Waals surface area contributed by atoms with E-state index in [1.807, 2.05) is 115 Å². The second kappa shape index (κ2) is 14.9. The molecule has 0 spiro atoms. The Morgan fingerprint density at radius 3 is 1.78 bits per heavy atom. The molecule has 0 amide bonds. The molecule has 10 rings (SSSR count). The number of hydrogen-bond donors (Lipinski definition) is 0. The molecule has 0 atom stereocenters. The summed E-state index contributed by atoms with van der Waals surface area (Å²) in [6, 6.07) is 57.2. The number of allylic oxidation sites excluding steroid dienone is 5. The van der Waals surface area contributed by atoms with Crippen LogP contribution in [0.15, 0.2) is 210 Å². The standard InChI is InChI=1S/C54H37N3O2/c1-3-5-17-35(4-2)38-28-30-49-45(32-38)46-33-39(29-31-50(46)57(49)40-22-13-8-14-23-40)41-24-15-25-42-51(58)43-26-16-27-44(53(43)59-52(41)42)54-55-47(36-18-9-6-10-19-36)34-48(56-54)37-20-11-7-12-21-37/h3-34H,1H2,2H3. The molecule has 0 fully saturated rings. The molecule has 0 saturated carbocycles. The molecule has 0 N–H and O–H groups in total. The summed E-state index contributed by atoms with van der Waals surface area (Å²) < 4.78 is 9.27. The number of aromatic nitrogens is 3. The maximum atomic E-state index is 14.5. The molecule has 0 saturated heterocycles. The SMILES string of the molecule is C=CC=CC(=CC)c1ccc2c(c1)c1cc(-c3cccc4c(=O)c5cccc(-c6nc(-c7ccccc7)cc(-c7ccccc7)n6)c5oc34)ccc1n2-c1ccccc1. The van der Waals surface area contributed by atoms with Crippen LogP contribution in [0.25, 0.3) is 100 Å². The summed E-state index contributed by atoms with van der Waals surface area (Å²) in [6.45, 7) is 5.92. The van der Waals surface area contributed by atoms with Crippen molar-refractivity contribution in [3.63, 3.8) is 0 Å². The number of fused-ring (bicyclic) bond motifs is 5. The van der Waals surface area contributed by atoms with Crippen LogP contribution in [-0.2, 0) is 0 Å². The summed E-state index contributed by atoms with van der Waals surface area (Å²) in [6.07, 6.45) is 7.95. The van der Waals surface area contributed by atoms with Gasteiger partial charge in [0.1, 0.15) is 11.2 Å². The van der Waals surface area contributed by atoms with Crippen molar-refractivity contribution >= 4 is 49.3 Å². The predicted molar refractivity (Wildman–Crippen MR) is 245 cm³/mol. The summed E-state index contributed by atoms with van der Waals surface area (Å²) >= 11 is 0. The molecule has 10 aromatic rings. The van der Waals surface area contributed by atoms with E-state index in [1.165, 1.54) is 0 Å². The molecule has 0 aliphatic rings. The number of rotatable bonds is 8. The lowest BCUT2D eigenvalue weighted by atomic mass is 9.98. The average Bonchev–Trinajstić information content (AvgIpc) is 3.63. The summed E-state index contributed by atoms with van der Waals surface area (Å²) in [7, 11) is 0. The van der Waals surface area contributed by atoms with Gasteiger partial charge in [-0.15, -0.1) is 0 Å². The van der Waals surface area contributed by atoms with Crippen molar-refractivity contribution in [2.45, 2.75) is 6.92 Å². The Balaban J connectivity index is 1.20. The third-order valence-electron chi connectivity index (χ3n) is 11.0. The molecule has 7 aromatic carbocycles. The first-order chi connectivity index (χ1) is 29.1. The number of nitrogens with zero attached hydrogens (tertiary/aromatic N) is 3. The van der Waals surface area contributed by atoms with Crippen molar-refractivity contribution in [1.82, 2.24) is 14.5 Å². The minimum atomic E-state index is -0.106. The zero-order chi connectivity index (χ0) is 39.9. The van der Waals surface area contributed by atoms with Crippen LogP contribution in [0.4, 0.5) is 0 Å². The minimum Gasteiger partial charge on any atom is -0.454 e. The first kappa shape index (κ1) is 35.5. The van der Waals surface area contributed by atoms with Gasteiger partial charge in [0, 0.05) is 33.2 Å². The topological polar surface area (TPSA) is 60.9 Å². The van der Waals surface area contributed by atoms with Gasteiger partial charge in [0.05, 0.1) is 38.8 Å². The van der Waals surface area contributed by atoms with Crippen molar-refractivity contribution in [3.8, 4) is 50.7 Å². The predicted octanol–water partition coefficient (Wildman–Crippen LogP) is 13.6. The highest BCUT2D eigenvalue weighted by Gasteiger charge is 2.20. The molecule has 5 heteroatoms. The molecule has 5 nitrogen and oxygen atoms in total. The Labute approximate surface area is 341 Å². The van der Waals surface area contributed by atoms with E-state index in [4.69, 9.17) is 14.4 Å². The van der Waals surface area contributed by atoms with E-state index in [2.05, 4.69) is 90.9 Å². The smallest absolute Gasteiger partial charge is 0.200 e. The fourth-order valence-electron chi connectivity index (χ4n) is 8.14. The summed E-state index contributed by atoms with van der Waals surface area (Å²) in [5.74, 6) is 0.477. The van der Waals surface area contributed by atoms with Crippen LogP contribution in [0.2, 0.25) is 0 Å². The van der Waals surface area contributed by atoms with E-state index >= 15 is 0 Å². The van der Waals surface area contributed by atoms with Gasteiger partial charge in [-0.05, 0) is 84.3 Å². The van der Waals surface area contributed by atoms with Gasteiger partial charge < -0.3 is 8.98 Å². The zero-order valence-electron chi connectivity index (χ0n) is 32.3. The number of benzene rings is 7. The van der Waals surface area contributed by atoms with Crippen LogP contribution in [-0.4, -0.2) is 14.5 Å². The van der Waals surface area contributed by atoms with Crippen LogP contribution in [0.1, 0.15) is 12.5 Å². The van der Waals surface area contributed by atoms with Crippen molar-refractivity contribution in [2.75, 3.05) is 0 Å². The zero-order valence-corrected chi connectivity index (χ0v) is 32.3.